The zero-order valence-electron chi connectivity index (χ0n) is 7.39. The van der Waals surface area contributed by atoms with Crippen molar-refractivity contribution in [3.8, 4) is 0 Å². The van der Waals surface area contributed by atoms with Crippen LogP contribution in [0.25, 0.3) is 0 Å². The predicted octanol–water partition coefficient (Wildman–Crippen LogP) is 2.81. The zero-order chi connectivity index (χ0) is 10.4. The quantitative estimate of drug-likeness (QED) is 0.820. The maximum Gasteiger partial charge on any atom is 0.319 e. The molecule has 0 radical (unpaired) electrons. The van der Waals surface area contributed by atoms with Crippen LogP contribution in [0.3, 0.4) is 0 Å². The van der Waals surface area contributed by atoms with E-state index < -0.39 is 0 Å². The van der Waals surface area contributed by atoms with Gasteiger partial charge in [0.1, 0.15) is 0 Å². The second kappa shape index (κ2) is 5.88. The van der Waals surface area contributed by atoms with Crippen molar-refractivity contribution in [3.05, 3.63) is 28.7 Å². The Morgan fingerprint density at radius 2 is 2.14 bits per heavy atom. The number of carbonyl (C=O) groups is 1. The summed E-state index contributed by atoms with van der Waals surface area (Å²) in [6.07, 6.45) is 0. The van der Waals surface area contributed by atoms with Crippen molar-refractivity contribution in [2.45, 2.75) is 0 Å². The van der Waals surface area contributed by atoms with Crippen molar-refractivity contribution >= 4 is 39.2 Å². The van der Waals surface area contributed by atoms with E-state index in [0.717, 1.165) is 10.2 Å². The second-order valence-corrected chi connectivity index (χ2v) is 3.78. The fraction of sp³-hybridized carbons (Fsp3) is 0.222. The number of alkyl halides is 1. The number of anilines is 1. The van der Waals surface area contributed by atoms with Gasteiger partial charge < -0.3 is 10.6 Å². The average Bonchev–Trinajstić information content (AvgIpc) is 2.18. The van der Waals surface area contributed by atoms with Crippen molar-refractivity contribution in [2.75, 3.05) is 17.7 Å². The third kappa shape index (κ3) is 3.55. The lowest BCUT2D eigenvalue weighted by Gasteiger charge is -2.07. The molecule has 0 aliphatic heterocycles. The molecule has 0 aliphatic carbocycles. The molecule has 1 aromatic rings. The average molecular weight is 278 g/mol. The third-order valence-electron chi connectivity index (χ3n) is 1.50. The van der Waals surface area contributed by atoms with E-state index in [1.165, 1.54) is 0 Å². The van der Waals surface area contributed by atoms with E-state index in [0.29, 0.717) is 12.4 Å². The Morgan fingerprint density at radius 1 is 1.43 bits per heavy atom. The number of hydrogen-bond donors (Lipinski definition) is 2. The van der Waals surface area contributed by atoms with Gasteiger partial charge in [0.15, 0.2) is 0 Å². The van der Waals surface area contributed by atoms with Crippen LogP contribution in [-0.4, -0.2) is 18.5 Å². The number of nitrogens with one attached hydrogen (secondary N) is 2. The molecule has 0 unspecified atom stereocenters. The van der Waals surface area contributed by atoms with Gasteiger partial charge in [0.05, 0.1) is 5.69 Å². The summed E-state index contributed by atoms with van der Waals surface area (Å²) >= 11 is 8.75. The van der Waals surface area contributed by atoms with Crippen LogP contribution in [0.1, 0.15) is 0 Å². The summed E-state index contributed by atoms with van der Waals surface area (Å²) in [6, 6.07) is 7.15. The topological polar surface area (TPSA) is 41.1 Å². The molecule has 0 heterocycles. The number of halogens is 2. The van der Waals surface area contributed by atoms with Crippen LogP contribution in [0, 0.1) is 0 Å². The van der Waals surface area contributed by atoms with Gasteiger partial charge in [-0.05, 0) is 28.1 Å². The van der Waals surface area contributed by atoms with E-state index >= 15 is 0 Å². The van der Waals surface area contributed by atoms with Gasteiger partial charge in [0.25, 0.3) is 0 Å². The summed E-state index contributed by atoms with van der Waals surface area (Å²) in [5.41, 5.74) is 0.736. The van der Waals surface area contributed by atoms with Gasteiger partial charge in [0, 0.05) is 16.9 Å². The Bertz CT molecular complexity index is 319. The van der Waals surface area contributed by atoms with E-state index in [-0.39, 0.29) is 6.03 Å². The minimum atomic E-state index is -0.252. The number of hydrogen-bond acceptors (Lipinski definition) is 1. The largest absolute Gasteiger partial charge is 0.337 e. The standard InChI is InChI=1S/C9H10BrClN2O/c10-7-3-1-2-4-8(7)13-9(14)12-6-5-11/h1-4H,5-6H2,(H2,12,13,14). The van der Waals surface area contributed by atoms with E-state index in [4.69, 9.17) is 11.6 Å². The van der Waals surface area contributed by atoms with Crippen LogP contribution >= 0.6 is 27.5 Å². The molecule has 0 aliphatic rings. The summed E-state index contributed by atoms with van der Waals surface area (Å²) in [5.74, 6) is 0.406. The van der Waals surface area contributed by atoms with Crippen molar-refractivity contribution in [1.29, 1.82) is 0 Å². The van der Waals surface area contributed by atoms with Crippen LogP contribution in [0.15, 0.2) is 28.7 Å². The molecule has 5 heteroatoms. The first-order valence-electron chi connectivity index (χ1n) is 4.09. The molecule has 0 bridgehead atoms. The van der Waals surface area contributed by atoms with E-state index in [2.05, 4.69) is 26.6 Å². The number of carbonyl (C=O) groups excluding carboxylic acids is 1. The smallest absolute Gasteiger partial charge is 0.319 e. The fourth-order valence-corrected chi connectivity index (χ4v) is 1.37. The van der Waals surface area contributed by atoms with Crippen LogP contribution in [0.5, 0.6) is 0 Å². The fourth-order valence-electron chi connectivity index (χ4n) is 0.890. The highest BCUT2D eigenvalue weighted by atomic mass is 79.9. The first-order chi connectivity index (χ1) is 6.74. The van der Waals surface area contributed by atoms with E-state index in [1.807, 2.05) is 24.3 Å². The van der Waals surface area contributed by atoms with Gasteiger partial charge in [0.2, 0.25) is 0 Å². The number of benzene rings is 1. The normalized spacial score (nSPS) is 9.57. The van der Waals surface area contributed by atoms with E-state index in [9.17, 15) is 4.79 Å². The lowest BCUT2D eigenvalue weighted by atomic mass is 10.3. The van der Waals surface area contributed by atoms with Crippen molar-refractivity contribution in [3.63, 3.8) is 0 Å². The van der Waals surface area contributed by atoms with Gasteiger partial charge >= 0.3 is 6.03 Å². The molecule has 2 N–H and O–H groups in total. The molecule has 1 aromatic carbocycles. The molecule has 0 aromatic heterocycles. The molecule has 0 spiro atoms. The van der Waals surface area contributed by atoms with Crippen LogP contribution < -0.4 is 10.6 Å². The van der Waals surface area contributed by atoms with Crippen molar-refractivity contribution < 1.29 is 4.79 Å². The van der Waals surface area contributed by atoms with Crippen LogP contribution in [0.2, 0.25) is 0 Å². The van der Waals surface area contributed by atoms with Gasteiger partial charge in [-0.3, -0.25) is 0 Å². The summed E-state index contributed by atoms with van der Waals surface area (Å²) in [6.45, 7) is 0.456. The number of urea groups is 1. The minimum absolute atomic E-state index is 0.252. The lowest BCUT2D eigenvalue weighted by molar-refractivity contribution is 0.252. The maximum absolute atomic E-state index is 11.2. The number of rotatable bonds is 3. The van der Waals surface area contributed by atoms with Crippen LogP contribution in [-0.2, 0) is 0 Å². The lowest BCUT2D eigenvalue weighted by Crippen LogP contribution is -2.30. The molecule has 76 valence electrons. The highest BCUT2D eigenvalue weighted by Crippen LogP contribution is 2.20. The number of amides is 2. The SMILES string of the molecule is O=C(NCCCl)Nc1ccccc1Br. The highest BCUT2D eigenvalue weighted by Gasteiger charge is 2.02. The molecular weight excluding hydrogens is 267 g/mol. The monoisotopic (exact) mass is 276 g/mol. The molecule has 0 fully saturated rings. The maximum atomic E-state index is 11.2. The second-order valence-electron chi connectivity index (χ2n) is 2.55. The third-order valence-corrected chi connectivity index (χ3v) is 2.38. The van der Waals surface area contributed by atoms with Crippen LogP contribution in [0.4, 0.5) is 10.5 Å². The van der Waals surface area contributed by atoms with Gasteiger partial charge in [-0.15, -0.1) is 11.6 Å². The Morgan fingerprint density at radius 3 is 2.79 bits per heavy atom. The Balaban J connectivity index is 2.52. The molecule has 2 amide bonds. The predicted molar refractivity (Wildman–Crippen MR) is 61.9 cm³/mol. The summed E-state index contributed by atoms with van der Waals surface area (Å²) < 4.78 is 0.848. The van der Waals surface area contributed by atoms with Gasteiger partial charge in [-0.1, -0.05) is 12.1 Å². The first kappa shape index (κ1) is 11.3. The highest BCUT2D eigenvalue weighted by molar-refractivity contribution is 9.10. The molecule has 0 saturated carbocycles. The molecule has 14 heavy (non-hydrogen) atoms. The van der Waals surface area contributed by atoms with Gasteiger partial charge in [-0.2, -0.15) is 0 Å². The first-order valence-corrected chi connectivity index (χ1v) is 5.42. The summed E-state index contributed by atoms with van der Waals surface area (Å²) in [7, 11) is 0. The Kier molecular flexibility index (Phi) is 4.76. The molecule has 1 rings (SSSR count). The zero-order valence-corrected chi connectivity index (χ0v) is 9.73. The van der Waals surface area contributed by atoms with E-state index in [1.54, 1.807) is 0 Å². The van der Waals surface area contributed by atoms with Crippen molar-refractivity contribution in [2.24, 2.45) is 0 Å². The molecule has 0 atom stereocenters. The van der Waals surface area contributed by atoms with Gasteiger partial charge in [-0.25, -0.2) is 4.79 Å². The molecule has 0 saturated heterocycles. The summed E-state index contributed by atoms with van der Waals surface area (Å²) in [4.78, 5) is 11.2. The minimum Gasteiger partial charge on any atom is -0.337 e. The Labute approximate surface area is 96.0 Å². The molecule has 3 nitrogen and oxygen atoms in total. The Hall–Kier alpha value is -0.740. The number of para-hydroxylation sites is 1. The summed E-state index contributed by atoms with van der Waals surface area (Å²) in [5, 5.41) is 5.29. The molecular formula is C9H10BrClN2O. The van der Waals surface area contributed by atoms with Crippen molar-refractivity contribution in [1.82, 2.24) is 5.32 Å².